The number of amides is 1. The maximum absolute atomic E-state index is 12.4. The number of aromatic nitrogens is 2. The summed E-state index contributed by atoms with van der Waals surface area (Å²) < 4.78 is 7.40. The van der Waals surface area contributed by atoms with Gasteiger partial charge in [0, 0.05) is 23.8 Å². The van der Waals surface area contributed by atoms with E-state index in [-0.39, 0.29) is 12.5 Å². The first-order valence-corrected chi connectivity index (χ1v) is 8.31. The minimum atomic E-state index is -0.771. The van der Waals surface area contributed by atoms with Crippen LogP contribution < -0.4 is 21.2 Å². The summed E-state index contributed by atoms with van der Waals surface area (Å²) in [6.07, 6.45) is 2.88. The van der Waals surface area contributed by atoms with Crippen molar-refractivity contribution in [2.75, 3.05) is 12.4 Å². The molecular weight excluding hydrogens is 346 g/mol. The first kappa shape index (κ1) is 18.2. The second-order valence-corrected chi connectivity index (χ2v) is 6.02. The zero-order chi connectivity index (χ0) is 19.4. The SMILES string of the molecule is COc1ccc(-n2ccn(CC(=O)Nc3cccc(C)c3)c(=O)c2=O)cc1. The molecule has 1 aromatic heterocycles. The molecule has 0 bridgehead atoms. The molecular formula is C20H19N3O4. The standard InChI is InChI=1S/C20H19N3O4/c1-14-4-3-5-15(12-14)21-18(24)13-22-10-11-23(20(26)19(22)25)16-6-8-17(27-2)9-7-16/h3-12H,13H2,1-2H3,(H,21,24). The molecule has 0 aliphatic carbocycles. The molecule has 138 valence electrons. The Labute approximate surface area is 155 Å². The molecule has 0 aliphatic rings. The van der Waals surface area contributed by atoms with Crippen LogP contribution in [0, 0.1) is 6.92 Å². The summed E-state index contributed by atoms with van der Waals surface area (Å²) >= 11 is 0. The van der Waals surface area contributed by atoms with Crippen LogP contribution in [-0.2, 0) is 11.3 Å². The van der Waals surface area contributed by atoms with Crippen LogP contribution in [0.2, 0.25) is 0 Å². The van der Waals surface area contributed by atoms with Crippen molar-refractivity contribution >= 4 is 11.6 Å². The number of nitrogens with one attached hydrogen (secondary N) is 1. The highest BCUT2D eigenvalue weighted by molar-refractivity contribution is 5.90. The lowest BCUT2D eigenvalue weighted by Crippen LogP contribution is -2.41. The highest BCUT2D eigenvalue weighted by atomic mass is 16.5. The summed E-state index contributed by atoms with van der Waals surface area (Å²) in [4.78, 5) is 36.9. The number of ether oxygens (including phenoxy) is 1. The third-order valence-corrected chi connectivity index (χ3v) is 4.02. The van der Waals surface area contributed by atoms with E-state index in [1.807, 2.05) is 25.1 Å². The van der Waals surface area contributed by atoms with Gasteiger partial charge in [-0.05, 0) is 48.9 Å². The fourth-order valence-electron chi connectivity index (χ4n) is 2.66. The van der Waals surface area contributed by atoms with Crippen molar-refractivity contribution in [2.45, 2.75) is 13.5 Å². The summed E-state index contributed by atoms with van der Waals surface area (Å²) in [5.41, 5.74) is 0.680. The molecule has 3 aromatic rings. The van der Waals surface area contributed by atoms with Crippen LogP contribution in [0.25, 0.3) is 5.69 Å². The van der Waals surface area contributed by atoms with Crippen molar-refractivity contribution in [3.05, 3.63) is 87.2 Å². The third kappa shape index (κ3) is 4.14. The molecule has 1 N–H and O–H groups in total. The first-order valence-electron chi connectivity index (χ1n) is 8.31. The first-order chi connectivity index (χ1) is 13.0. The Balaban J connectivity index is 1.81. The molecule has 0 aliphatic heterocycles. The number of benzene rings is 2. The van der Waals surface area contributed by atoms with E-state index in [0.717, 1.165) is 10.1 Å². The number of rotatable bonds is 5. The Kier molecular flexibility index (Phi) is 5.21. The van der Waals surface area contributed by atoms with Crippen LogP contribution in [0.5, 0.6) is 5.75 Å². The lowest BCUT2D eigenvalue weighted by atomic mass is 10.2. The van der Waals surface area contributed by atoms with E-state index in [1.165, 1.54) is 17.0 Å². The molecule has 0 radical (unpaired) electrons. The minimum Gasteiger partial charge on any atom is -0.497 e. The zero-order valence-corrected chi connectivity index (χ0v) is 15.0. The Morgan fingerprint density at radius 3 is 2.44 bits per heavy atom. The van der Waals surface area contributed by atoms with Crippen LogP contribution >= 0.6 is 0 Å². The van der Waals surface area contributed by atoms with E-state index in [9.17, 15) is 14.4 Å². The summed E-state index contributed by atoms with van der Waals surface area (Å²) in [5.74, 6) is 0.261. The van der Waals surface area contributed by atoms with Crippen molar-refractivity contribution in [1.29, 1.82) is 0 Å². The van der Waals surface area contributed by atoms with Crippen LogP contribution in [0.1, 0.15) is 5.56 Å². The molecule has 0 spiro atoms. The van der Waals surface area contributed by atoms with Crippen molar-refractivity contribution in [3.8, 4) is 11.4 Å². The quantitative estimate of drug-likeness (QED) is 0.701. The largest absolute Gasteiger partial charge is 0.497 e. The molecule has 0 saturated carbocycles. The third-order valence-electron chi connectivity index (χ3n) is 4.02. The molecule has 0 unspecified atom stereocenters. The average molecular weight is 365 g/mol. The number of carbonyl (C=O) groups is 1. The summed E-state index contributed by atoms with van der Waals surface area (Å²) in [6, 6.07) is 14.1. The number of anilines is 1. The topological polar surface area (TPSA) is 82.3 Å². The number of hydrogen-bond donors (Lipinski definition) is 1. The van der Waals surface area contributed by atoms with Gasteiger partial charge in [-0.1, -0.05) is 12.1 Å². The van der Waals surface area contributed by atoms with Gasteiger partial charge in [0.25, 0.3) is 0 Å². The number of carbonyl (C=O) groups excluding carboxylic acids is 1. The smallest absolute Gasteiger partial charge is 0.320 e. The Morgan fingerprint density at radius 1 is 1.04 bits per heavy atom. The van der Waals surface area contributed by atoms with E-state index < -0.39 is 11.1 Å². The maximum atomic E-state index is 12.4. The molecule has 0 atom stereocenters. The van der Waals surface area contributed by atoms with Gasteiger partial charge < -0.3 is 10.1 Å². The average Bonchev–Trinajstić information content (AvgIpc) is 2.66. The lowest BCUT2D eigenvalue weighted by molar-refractivity contribution is -0.116. The number of hydrogen-bond acceptors (Lipinski definition) is 4. The second kappa shape index (κ2) is 7.74. The molecule has 2 aromatic carbocycles. The molecule has 0 saturated heterocycles. The minimum absolute atomic E-state index is 0.245. The van der Waals surface area contributed by atoms with Crippen LogP contribution in [0.4, 0.5) is 5.69 Å². The Hall–Kier alpha value is -3.61. The molecule has 7 heteroatoms. The molecule has 0 fully saturated rings. The van der Waals surface area contributed by atoms with Gasteiger partial charge in [0.2, 0.25) is 5.91 Å². The number of aryl methyl sites for hydroxylation is 1. The highest BCUT2D eigenvalue weighted by Gasteiger charge is 2.10. The monoisotopic (exact) mass is 365 g/mol. The predicted octanol–water partition coefficient (Wildman–Crippen LogP) is 1.95. The van der Waals surface area contributed by atoms with Gasteiger partial charge in [0.15, 0.2) is 0 Å². The predicted molar refractivity (Wildman–Crippen MR) is 103 cm³/mol. The van der Waals surface area contributed by atoms with Gasteiger partial charge in [0.1, 0.15) is 12.3 Å². The number of methoxy groups -OCH3 is 1. The van der Waals surface area contributed by atoms with Crippen LogP contribution in [0.3, 0.4) is 0 Å². The molecule has 7 nitrogen and oxygen atoms in total. The van der Waals surface area contributed by atoms with E-state index in [2.05, 4.69) is 5.32 Å². The van der Waals surface area contributed by atoms with Crippen LogP contribution in [-0.4, -0.2) is 22.2 Å². The van der Waals surface area contributed by atoms with E-state index in [4.69, 9.17) is 4.74 Å². The van der Waals surface area contributed by atoms with E-state index >= 15 is 0 Å². The molecule has 1 amide bonds. The zero-order valence-electron chi connectivity index (χ0n) is 15.0. The van der Waals surface area contributed by atoms with Crippen molar-refractivity contribution in [1.82, 2.24) is 9.13 Å². The number of nitrogens with zero attached hydrogens (tertiary/aromatic N) is 2. The van der Waals surface area contributed by atoms with Gasteiger partial charge in [-0.15, -0.1) is 0 Å². The fourth-order valence-corrected chi connectivity index (χ4v) is 2.66. The second-order valence-electron chi connectivity index (χ2n) is 6.02. The summed E-state index contributed by atoms with van der Waals surface area (Å²) in [7, 11) is 1.55. The Morgan fingerprint density at radius 2 is 1.78 bits per heavy atom. The van der Waals surface area contributed by atoms with Gasteiger partial charge in [-0.2, -0.15) is 0 Å². The van der Waals surface area contributed by atoms with E-state index in [1.54, 1.807) is 37.4 Å². The van der Waals surface area contributed by atoms with Crippen molar-refractivity contribution in [3.63, 3.8) is 0 Å². The maximum Gasteiger partial charge on any atom is 0.320 e. The van der Waals surface area contributed by atoms with E-state index in [0.29, 0.717) is 17.1 Å². The van der Waals surface area contributed by atoms with Crippen LogP contribution in [0.15, 0.2) is 70.5 Å². The van der Waals surface area contributed by atoms with Crippen molar-refractivity contribution in [2.24, 2.45) is 0 Å². The molecule has 27 heavy (non-hydrogen) atoms. The van der Waals surface area contributed by atoms with Gasteiger partial charge in [-0.3, -0.25) is 23.5 Å². The van der Waals surface area contributed by atoms with Crippen molar-refractivity contribution < 1.29 is 9.53 Å². The van der Waals surface area contributed by atoms with Gasteiger partial charge in [0.05, 0.1) is 7.11 Å². The fraction of sp³-hybridized carbons (Fsp3) is 0.150. The van der Waals surface area contributed by atoms with Gasteiger partial charge in [-0.25, -0.2) is 0 Å². The summed E-state index contributed by atoms with van der Waals surface area (Å²) in [6.45, 7) is 1.67. The molecule has 1 heterocycles. The Bertz CT molecular complexity index is 1080. The van der Waals surface area contributed by atoms with Gasteiger partial charge >= 0.3 is 11.1 Å². The highest BCUT2D eigenvalue weighted by Crippen LogP contribution is 2.13. The summed E-state index contributed by atoms with van der Waals surface area (Å²) in [5, 5.41) is 2.72. The molecule has 3 rings (SSSR count). The lowest BCUT2D eigenvalue weighted by Gasteiger charge is -2.10. The normalized spacial score (nSPS) is 10.4.